The van der Waals surface area contributed by atoms with Crippen molar-refractivity contribution in [2.75, 3.05) is 11.6 Å². The van der Waals surface area contributed by atoms with Crippen LogP contribution in [0.2, 0.25) is 10.2 Å². The van der Waals surface area contributed by atoms with Gasteiger partial charge in [-0.1, -0.05) is 35.0 Å². The number of nitrogens with one attached hydrogen (secondary N) is 1. The van der Waals surface area contributed by atoms with Gasteiger partial charge in [-0.25, -0.2) is 14.4 Å². The predicted molar refractivity (Wildman–Crippen MR) is 73.5 cm³/mol. The fraction of sp³-hybridized carbons (Fsp3) is 0.0909. The van der Waals surface area contributed by atoms with E-state index in [4.69, 9.17) is 23.2 Å². The average Bonchev–Trinajstić information content (AvgIpc) is 2.33. The minimum Gasteiger partial charge on any atom is -0.338 e. The number of thioether (sulfide) groups is 1. The Hall–Kier alpha value is -1.04. The van der Waals surface area contributed by atoms with Crippen molar-refractivity contribution in [3.8, 4) is 0 Å². The highest BCUT2D eigenvalue weighted by molar-refractivity contribution is 7.98. The van der Waals surface area contributed by atoms with Gasteiger partial charge in [-0.05, 0) is 24.5 Å². The second-order valence-electron chi connectivity index (χ2n) is 3.31. The van der Waals surface area contributed by atoms with Crippen molar-refractivity contribution in [3.63, 3.8) is 0 Å². The predicted octanol–water partition coefficient (Wildman–Crippen LogP) is 4.39. The van der Waals surface area contributed by atoms with Gasteiger partial charge in [0.1, 0.15) is 16.8 Å². The van der Waals surface area contributed by atoms with Crippen LogP contribution in [0.5, 0.6) is 0 Å². The molecule has 0 spiro atoms. The fourth-order valence-corrected chi connectivity index (χ4v) is 2.07. The Morgan fingerprint density at radius 1 is 1.22 bits per heavy atom. The van der Waals surface area contributed by atoms with Crippen LogP contribution in [0.15, 0.2) is 29.4 Å². The number of hydrogen-bond donors (Lipinski definition) is 1. The van der Waals surface area contributed by atoms with Gasteiger partial charge in [0.15, 0.2) is 5.16 Å². The van der Waals surface area contributed by atoms with Gasteiger partial charge >= 0.3 is 0 Å². The Kier molecular flexibility index (Phi) is 4.27. The molecule has 0 saturated heterocycles. The Morgan fingerprint density at radius 2 is 2.00 bits per heavy atom. The molecular weight excluding hydrogens is 296 g/mol. The van der Waals surface area contributed by atoms with Gasteiger partial charge in [0.25, 0.3) is 0 Å². The molecule has 1 heterocycles. The third kappa shape index (κ3) is 3.25. The molecule has 1 aromatic heterocycles. The first-order valence-corrected chi connectivity index (χ1v) is 6.87. The lowest BCUT2D eigenvalue weighted by Gasteiger charge is -2.08. The van der Waals surface area contributed by atoms with Crippen molar-refractivity contribution in [3.05, 3.63) is 40.3 Å². The van der Waals surface area contributed by atoms with Crippen LogP contribution in [0.4, 0.5) is 15.9 Å². The molecule has 3 nitrogen and oxygen atoms in total. The smallest absolute Gasteiger partial charge is 0.190 e. The molecule has 0 aliphatic carbocycles. The minimum absolute atomic E-state index is 0.240. The molecule has 18 heavy (non-hydrogen) atoms. The molecule has 1 aromatic carbocycles. The summed E-state index contributed by atoms with van der Waals surface area (Å²) in [5.74, 6) is 0.000327. The SMILES string of the molecule is CSc1nc(Cl)cc(Nc2cc(Cl)ccc2F)n1. The summed E-state index contributed by atoms with van der Waals surface area (Å²) in [5, 5.41) is 4.05. The van der Waals surface area contributed by atoms with E-state index in [0.29, 0.717) is 21.2 Å². The first-order valence-electron chi connectivity index (χ1n) is 4.89. The van der Waals surface area contributed by atoms with Gasteiger partial charge in [0.05, 0.1) is 5.69 Å². The molecule has 0 radical (unpaired) electrons. The van der Waals surface area contributed by atoms with Crippen LogP contribution in [0.25, 0.3) is 0 Å². The minimum atomic E-state index is -0.417. The van der Waals surface area contributed by atoms with Crippen molar-refractivity contribution in [1.29, 1.82) is 0 Å². The number of benzene rings is 1. The topological polar surface area (TPSA) is 37.8 Å². The zero-order valence-corrected chi connectivity index (χ0v) is 11.6. The summed E-state index contributed by atoms with van der Waals surface area (Å²) >= 11 is 13.0. The summed E-state index contributed by atoms with van der Waals surface area (Å²) in [4.78, 5) is 8.16. The van der Waals surface area contributed by atoms with E-state index in [9.17, 15) is 4.39 Å². The molecule has 0 amide bonds. The zero-order valence-electron chi connectivity index (χ0n) is 9.25. The van der Waals surface area contributed by atoms with Crippen molar-refractivity contribution in [2.45, 2.75) is 5.16 Å². The number of rotatable bonds is 3. The number of halogens is 3. The number of aromatic nitrogens is 2. The van der Waals surface area contributed by atoms with Crippen LogP contribution in [-0.2, 0) is 0 Å². The molecule has 0 aliphatic heterocycles. The van der Waals surface area contributed by atoms with Crippen molar-refractivity contribution < 1.29 is 4.39 Å². The molecule has 0 fully saturated rings. The number of nitrogens with zero attached hydrogens (tertiary/aromatic N) is 2. The van der Waals surface area contributed by atoms with Gasteiger partial charge in [-0.3, -0.25) is 0 Å². The Balaban J connectivity index is 2.33. The van der Waals surface area contributed by atoms with Crippen molar-refractivity contribution >= 4 is 46.5 Å². The monoisotopic (exact) mass is 303 g/mol. The summed E-state index contributed by atoms with van der Waals surface area (Å²) in [6.45, 7) is 0. The molecule has 0 aliphatic rings. The lowest BCUT2D eigenvalue weighted by Crippen LogP contribution is -1.98. The first kappa shape index (κ1) is 13.4. The van der Waals surface area contributed by atoms with E-state index in [0.717, 1.165) is 0 Å². The molecule has 2 aromatic rings. The molecule has 0 unspecified atom stereocenters. The lowest BCUT2D eigenvalue weighted by atomic mass is 10.3. The summed E-state index contributed by atoms with van der Waals surface area (Å²) in [7, 11) is 0. The van der Waals surface area contributed by atoms with Crippen molar-refractivity contribution in [2.24, 2.45) is 0 Å². The fourth-order valence-electron chi connectivity index (χ4n) is 1.28. The normalized spacial score (nSPS) is 10.4. The summed E-state index contributed by atoms with van der Waals surface area (Å²) < 4.78 is 13.5. The zero-order chi connectivity index (χ0) is 13.1. The highest BCUT2D eigenvalue weighted by Crippen LogP contribution is 2.24. The molecule has 94 valence electrons. The molecule has 2 rings (SSSR count). The van der Waals surface area contributed by atoms with Crippen LogP contribution in [0.1, 0.15) is 0 Å². The van der Waals surface area contributed by atoms with Gasteiger partial charge in [0.2, 0.25) is 0 Å². The molecule has 0 saturated carbocycles. The maximum atomic E-state index is 13.5. The molecule has 0 atom stereocenters. The number of hydrogen-bond acceptors (Lipinski definition) is 4. The summed E-state index contributed by atoms with van der Waals surface area (Å²) in [6.07, 6.45) is 1.83. The summed E-state index contributed by atoms with van der Waals surface area (Å²) in [6, 6.07) is 5.75. The first-order chi connectivity index (χ1) is 8.58. The van der Waals surface area contributed by atoms with Gasteiger partial charge < -0.3 is 5.32 Å². The van der Waals surface area contributed by atoms with E-state index in [2.05, 4.69) is 15.3 Å². The third-order valence-electron chi connectivity index (χ3n) is 2.05. The lowest BCUT2D eigenvalue weighted by molar-refractivity contribution is 0.631. The molecular formula is C11H8Cl2FN3S. The highest BCUT2D eigenvalue weighted by atomic mass is 35.5. The van der Waals surface area contributed by atoms with E-state index in [-0.39, 0.29) is 5.69 Å². The van der Waals surface area contributed by atoms with E-state index in [1.165, 1.54) is 36.0 Å². The molecule has 1 N–H and O–H groups in total. The quantitative estimate of drug-likeness (QED) is 0.518. The second-order valence-corrected chi connectivity index (χ2v) is 4.91. The van der Waals surface area contributed by atoms with Gasteiger partial charge in [-0.2, -0.15) is 0 Å². The van der Waals surface area contributed by atoms with E-state index >= 15 is 0 Å². The van der Waals surface area contributed by atoms with E-state index in [1.807, 2.05) is 6.26 Å². The summed E-state index contributed by atoms with van der Waals surface area (Å²) in [5.41, 5.74) is 0.240. The maximum absolute atomic E-state index is 13.5. The van der Waals surface area contributed by atoms with Gasteiger partial charge in [0, 0.05) is 11.1 Å². The van der Waals surface area contributed by atoms with Crippen LogP contribution in [0, 0.1) is 5.82 Å². The molecule has 7 heteroatoms. The third-order valence-corrected chi connectivity index (χ3v) is 3.02. The van der Waals surface area contributed by atoms with Crippen molar-refractivity contribution in [1.82, 2.24) is 9.97 Å². The Morgan fingerprint density at radius 3 is 2.72 bits per heavy atom. The van der Waals surface area contributed by atoms with Crippen LogP contribution in [-0.4, -0.2) is 16.2 Å². The second kappa shape index (κ2) is 5.73. The largest absolute Gasteiger partial charge is 0.338 e. The average molecular weight is 304 g/mol. The molecule has 0 bridgehead atoms. The van der Waals surface area contributed by atoms with Crippen LogP contribution >= 0.6 is 35.0 Å². The Bertz CT molecular complexity index is 580. The van der Waals surface area contributed by atoms with E-state index < -0.39 is 5.82 Å². The van der Waals surface area contributed by atoms with Crippen LogP contribution in [0.3, 0.4) is 0 Å². The van der Waals surface area contributed by atoms with Gasteiger partial charge in [-0.15, -0.1) is 0 Å². The maximum Gasteiger partial charge on any atom is 0.190 e. The number of anilines is 2. The van der Waals surface area contributed by atoms with E-state index in [1.54, 1.807) is 0 Å². The standard InChI is InChI=1S/C11H8Cl2FN3S/c1-18-11-16-9(13)5-10(17-11)15-8-4-6(12)2-3-7(8)14/h2-5H,1H3,(H,15,16,17). The highest BCUT2D eigenvalue weighted by Gasteiger charge is 2.07. The Labute approximate surface area is 118 Å². The van der Waals surface area contributed by atoms with Crippen LogP contribution < -0.4 is 5.32 Å².